The number of benzene rings is 1. The van der Waals surface area contributed by atoms with Crippen molar-refractivity contribution >= 4 is 5.78 Å². The van der Waals surface area contributed by atoms with Gasteiger partial charge in [-0.2, -0.15) is 0 Å². The van der Waals surface area contributed by atoms with E-state index in [1.165, 1.54) is 6.08 Å². The van der Waals surface area contributed by atoms with E-state index in [4.69, 9.17) is 0 Å². The summed E-state index contributed by atoms with van der Waals surface area (Å²) in [5.41, 5.74) is 0.0568. The van der Waals surface area contributed by atoms with Gasteiger partial charge in [-0.3, -0.25) is 4.79 Å². The summed E-state index contributed by atoms with van der Waals surface area (Å²) in [4.78, 5) is 11.3. The largest absolute Gasteiger partial charge is 0.511 e. The van der Waals surface area contributed by atoms with Crippen molar-refractivity contribution in [1.29, 1.82) is 0 Å². The van der Waals surface area contributed by atoms with E-state index in [0.717, 1.165) is 5.56 Å². The Kier molecular flexibility index (Phi) is 1.52. The predicted molar refractivity (Wildman–Crippen MR) is 49.5 cm³/mol. The fourth-order valence-electron chi connectivity index (χ4n) is 1.52. The minimum Gasteiger partial charge on any atom is -0.511 e. The summed E-state index contributed by atoms with van der Waals surface area (Å²) in [7, 11) is 0. The van der Waals surface area contributed by atoms with Gasteiger partial charge in [-0.25, -0.2) is 0 Å². The molecule has 0 saturated heterocycles. The first-order valence-corrected chi connectivity index (χ1v) is 4.17. The Morgan fingerprint density at radius 2 is 1.85 bits per heavy atom. The molecule has 1 aromatic carbocycles. The number of allylic oxidation sites excluding steroid dienone is 2. The molecule has 0 fully saturated rings. The number of aliphatic hydroxyl groups excluding tert-OH is 1. The number of hydrogen-bond acceptors (Lipinski definition) is 2. The second-order valence-corrected chi connectivity index (χ2v) is 3.38. The highest BCUT2D eigenvalue weighted by Gasteiger charge is 2.45. The van der Waals surface area contributed by atoms with Crippen LogP contribution in [0.2, 0.25) is 0 Å². The van der Waals surface area contributed by atoms with Crippen LogP contribution in [-0.4, -0.2) is 10.9 Å². The quantitative estimate of drug-likeness (QED) is 0.706. The normalized spacial score (nSPS) is 26.5. The topological polar surface area (TPSA) is 37.3 Å². The molecule has 1 N–H and O–H groups in total. The first kappa shape index (κ1) is 8.05. The number of ketones is 1. The number of carbonyl (C=O) groups excluding carboxylic acids is 1. The Labute approximate surface area is 76.5 Å². The van der Waals surface area contributed by atoms with E-state index in [9.17, 15) is 9.90 Å². The molecule has 1 aromatic rings. The highest BCUT2D eigenvalue weighted by Crippen LogP contribution is 2.38. The van der Waals surface area contributed by atoms with Crippen molar-refractivity contribution in [3.8, 4) is 0 Å². The van der Waals surface area contributed by atoms with Crippen LogP contribution in [0.25, 0.3) is 0 Å². The highest BCUT2D eigenvalue weighted by atomic mass is 16.3. The van der Waals surface area contributed by atoms with Gasteiger partial charge in [-0.05, 0) is 12.5 Å². The van der Waals surface area contributed by atoms with Crippen molar-refractivity contribution in [1.82, 2.24) is 0 Å². The highest BCUT2D eigenvalue weighted by molar-refractivity contribution is 6.08. The standard InChI is InChI=1S/C11H10O2/c1-11(9(12)7-10(11)13)8-5-3-2-4-6-8/h2-7,12H,1H3. The molecule has 0 heterocycles. The third kappa shape index (κ3) is 0.917. The third-order valence-corrected chi connectivity index (χ3v) is 2.62. The lowest BCUT2D eigenvalue weighted by Crippen LogP contribution is -2.41. The molecule has 0 spiro atoms. The monoisotopic (exact) mass is 174 g/mol. The minimum absolute atomic E-state index is 0.0313. The fourth-order valence-corrected chi connectivity index (χ4v) is 1.52. The lowest BCUT2D eigenvalue weighted by molar-refractivity contribution is -0.121. The lowest BCUT2D eigenvalue weighted by atomic mass is 9.69. The summed E-state index contributed by atoms with van der Waals surface area (Å²) >= 11 is 0. The molecule has 1 aliphatic carbocycles. The summed E-state index contributed by atoms with van der Waals surface area (Å²) in [6, 6.07) is 9.30. The van der Waals surface area contributed by atoms with E-state index in [1.807, 2.05) is 30.3 Å². The molecule has 0 radical (unpaired) electrons. The van der Waals surface area contributed by atoms with E-state index in [1.54, 1.807) is 6.92 Å². The summed E-state index contributed by atoms with van der Waals surface area (Å²) in [5.74, 6) is 0.125. The van der Waals surface area contributed by atoms with Crippen molar-refractivity contribution in [2.45, 2.75) is 12.3 Å². The predicted octanol–water partition coefficient (Wildman–Crippen LogP) is 1.97. The molecule has 0 amide bonds. The maximum Gasteiger partial charge on any atom is 0.176 e. The molecule has 0 aromatic heterocycles. The van der Waals surface area contributed by atoms with Crippen LogP contribution >= 0.6 is 0 Å². The summed E-state index contributed by atoms with van der Waals surface area (Å²) in [6.07, 6.45) is 1.27. The van der Waals surface area contributed by atoms with Gasteiger partial charge in [0.15, 0.2) is 5.78 Å². The SMILES string of the molecule is CC1(c2ccccc2)C(=O)C=C1O. The first-order chi connectivity index (χ1) is 6.15. The maximum absolute atomic E-state index is 11.3. The van der Waals surface area contributed by atoms with Gasteiger partial charge < -0.3 is 5.11 Å². The van der Waals surface area contributed by atoms with Crippen molar-refractivity contribution in [2.24, 2.45) is 0 Å². The van der Waals surface area contributed by atoms with E-state index >= 15 is 0 Å². The molecular formula is C11H10O2. The lowest BCUT2D eigenvalue weighted by Gasteiger charge is -2.33. The van der Waals surface area contributed by atoms with Crippen LogP contribution in [0.15, 0.2) is 42.2 Å². The van der Waals surface area contributed by atoms with Crippen LogP contribution < -0.4 is 0 Å². The fraction of sp³-hybridized carbons (Fsp3) is 0.182. The summed E-state index contributed by atoms with van der Waals surface area (Å²) in [5, 5.41) is 9.43. The maximum atomic E-state index is 11.3. The number of hydrogen-bond donors (Lipinski definition) is 1. The summed E-state index contributed by atoms with van der Waals surface area (Å²) < 4.78 is 0. The van der Waals surface area contributed by atoms with Gasteiger partial charge in [0.1, 0.15) is 11.2 Å². The van der Waals surface area contributed by atoms with E-state index in [-0.39, 0.29) is 11.5 Å². The van der Waals surface area contributed by atoms with Gasteiger partial charge in [0.25, 0.3) is 0 Å². The Bertz CT molecular complexity index is 378. The number of aliphatic hydroxyl groups is 1. The minimum atomic E-state index is -0.790. The molecule has 2 nitrogen and oxygen atoms in total. The second-order valence-electron chi connectivity index (χ2n) is 3.38. The zero-order chi connectivity index (χ0) is 9.47. The second kappa shape index (κ2) is 2.46. The van der Waals surface area contributed by atoms with Crippen molar-refractivity contribution in [3.05, 3.63) is 47.7 Å². The van der Waals surface area contributed by atoms with Crippen LogP contribution in [0.4, 0.5) is 0 Å². The Morgan fingerprint density at radius 3 is 2.31 bits per heavy atom. The van der Waals surface area contributed by atoms with E-state index in [0.29, 0.717) is 0 Å². The van der Waals surface area contributed by atoms with Crippen molar-refractivity contribution < 1.29 is 9.90 Å². The van der Waals surface area contributed by atoms with Gasteiger partial charge in [0.05, 0.1) is 0 Å². The molecule has 0 bridgehead atoms. The molecule has 1 atom stereocenters. The van der Waals surface area contributed by atoms with Crippen LogP contribution in [0.3, 0.4) is 0 Å². The van der Waals surface area contributed by atoms with E-state index in [2.05, 4.69) is 0 Å². The Balaban J connectivity index is 2.49. The van der Waals surface area contributed by atoms with Crippen LogP contribution in [0.1, 0.15) is 12.5 Å². The molecule has 1 aliphatic rings. The molecule has 0 aliphatic heterocycles. The van der Waals surface area contributed by atoms with Gasteiger partial charge >= 0.3 is 0 Å². The smallest absolute Gasteiger partial charge is 0.176 e. The van der Waals surface area contributed by atoms with Crippen molar-refractivity contribution in [2.75, 3.05) is 0 Å². The molecule has 2 rings (SSSR count). The zero-order valence-corrected chi connectivity index (χ0v) is 7.32. The Hall–Kier alpha value is -1.57. The molecule has 13 heavy (non-hydrogen) atoms. The Morgan fingerprint density at radius 1 is 1.23 bits per heavy atom. The van der Waals surface area contributed by atoms with E-state index < -0.39 is 5.41 Å². The average Bonchev–Trinajstić information content (AvgIpc) is 2.18. The molecule has 0 saturated carbocycles. The third-order valence-electron chi connectivity index (χ3n) is 2.62. The van der Waals surface area contributed by atoms with Crippen molar-refractivity contribution in [3.63, 3.8) is 0 Å². The number of rotatable bonds is 1. The van der Waals surface area contributed by atoms with Crippen LogP contribution in [-0.2, 0) is 10.2 Å². The first-order valence-electron chi connectivity index (χ1n) is 4.17. The molecular weight excluding hydrogens is 164 g/mol. The van der Waals surface area contributed by atoms with Gasteiger partial charge in [-0.1, -0.05) is 30.3 Å². The molecule has 66 valence electrons. The summed E-state index contributed by atoms with van der Waals surface area (Å²) in [6.45, 7) is 1.74. The number of carbonyl (C=O) groups is 1. The van der Waals surface area contributed by atoms with Gasteiger partial charge in [-0.15, -0.1) is 0 Å². The zero-order valence-electron chi connectivity index (χ0n) is 7.32. The van der Waals surface area contributed by atoms with Gasteiger partial charge in [0.2, 0.25) is 0 Å². The van der Waals surface area contributed by atoms with Crippen LogP contribution in [0, 0.1) is 0 Å². The van der Waals surface area contributed by atoms with Gasteiger partial charge in [0, 0.05) is 6.08 Å². The molecule has 1 unspecified atom stereocenters. The average molecular weight is 174 g/mol. The molecule has 2 heteroatoms. The van der Waals surface area contributed by atoms with Crippen LogP contribution in [0.5, 0.6) is 0 Å².